The van der Waals surface area contributed by atoms with Crippen molar-refractivity contribution >= 4 is 11.6 Å². The summed E-state index contributed by atoms with van der Waals surface area (Å²) in [5.41, 5.74) is 6.47. The number of aryl methyl sites for hydroxylation is 1. The lowest BCUT2D eigenvalue weighted by Crippen LogP contribution is -2.01. The zero-order valence-electron chi connectivity index (χ0n) is 6.20. The Labute approximate surface area is 70.0 Å². The van der Waals surface area contributed by atoms with Crippen molar-refractivity contribution in [2.45, 2.75) is 13.5 Å². The smallest absolute Gasteiger partial charge is 0.129 e. The second-order valence-electron chi connectivity index (χ2n) is 2.41. The van der Waals surface area contributed by atoms with E-state index in [9.17, 15) is 4.39 Å². The number of nitrogens with two attached hydrogens (primary N) is 1. The van der Waals surface area contributed by atoms with Crippen LogP contribution < -0.4 is 5.73 Å². The molecule has 11 heavy (non-hydrogen) atoms. The number of hydrogen-bond acceptors (Lipinski definition) is 1. The predicted octanol–water partition coefficient (Wildman–Crippen LogP) is 2.25. The van der Waals surface area contributed by atoms with Crippen molar-refractivity contribution in [2.75, 3.05) is 0 Å². The minimum atomic E-state index is -0.322. The molecule has 0 saturated carbocycles. The molecule has 1 rings (SSSR count). The quantitative estimate of drug-likeness (QED) is 0.693. The van der Waals surface area contributed by atoms with Gasteiger partial charge < -0.3 is 5.73 Å². The van der Waals surface area contributed by atoms with E-state index in [1.165, 1.54) is 6.07 Å². The SMILES string of the molecule is Cc1cc(F)c(CN)c(Cl)c1. The minimum absolute atomic E-state index is 0.144. The predicted molar refractivity (Wildman–Crippen MR) is 44.0 cm³/mol. The molecule has 0 aromatic heterocycles. The van der Waals surface area contributed by atoms with Crippen LogP contribution in [0.2, 0.25) is 5.02 Å². The molecule has 0 aliphatic rings. The molecule has 0 unspecified atom stereocenters. The highest BCUT2D eigenvalue weighted by atomic mass is 35.5. The van der Waals surface area contributed by atoms with Gasteiger partial charge in [0.05, 0.1) is 0 Å². The Kier molecular flexibility index (Phi) is 2.47. The number of halogens is 2. The summed E-state index contributed by atoms with van der Waals surface area (Å²) in [6.45, 7) is 1.93. The van der Waals surface area contributed by atoms with Crippen LogP contribution in [0.15, 0.2) is 12.1 Å². The van der Waals surface area contributed by atoms with Crippen LogP contribution in [0.25, 0.3) is 0 Å². The van der Waals surface area contributed by atoms with E-state index < -0.39 is 0 Å². The van der Waals surface area contributed by atoms with Crippen molar-refractivity contribution < 1.29 is 4.39 Å². The van der Waals surface area contributed by atoms with Crippen molar-refractivity contribution in [2.24, 2.45) is 5.73 Å². The van der Waals surface area contributed by atoms with Gasteiger partial charge in [-0.25, -0.2) is 4.39 Å². The molecule has 0 aliphatic heterocycles. The summed E-state index contributed by atoms with van der Waals surface area (Å²) in [7, 11) is 0. The second kappa shape index (κ2) is 3.20. The van der Waals surface area contributed by atoms with Crippen LogP contribution in [-0.4, -0.2) is 0 Å². The third-order valence-electron chi connectivity index (χ3n) is 1.49. The molecule has 0 saturated heterocycles. The Morgan fingerprint density at radius 3 is 2.64 bits per heavy atom. The summed E-state index contributed by atoms with van der Waals surface area (Å²) in [5, 5.41) is 0.407. The minimum Gasteiger partial charge on any atom is -0.326 e. The molecule has 0 aliphatic carbocycles. The van der Waals surface area contributed by atoms with E-state index in [4.69, 9.17) is 17.3 Å². The molecule has 1 nitrogen and oxygen atoms in total. The molecule has 60 valence electrons. The van der Waals surface area contributed by atoms with Gasteiger partial charge >= 0.3 is 0 Å². The summed E-state index contributed by atoms with van der Waals surface area (Å²) < 4.78 is 12.9. The largest absolute Gasteiger partial charge is 0.326 e. The highest BCUT2D eigenvalue weighted by Gasteiger charge is 2.05. The van der Waals surface area contributed by atoms with Gasteiger partial charge in [0.25, 0.3) is 0 Å². The van der Waals surface area contributed by atoms with Crippen LogP contribution in [0.5, 0.6) is 0 Å². The summed E-state index contributed by atoms with van der Waals surface area (Å²) in [5.74, 6) is -0.322. The standard InChI is InChI=1S/C8H9ClFN/c1-5-2-7(9)6(4-11)8(10)3-5/h2-3H,4,11H2,1H3. The maximum atomic E-state index is 12.9. The third-order valence-corrected chi connectivity index (χ3v) is 1.83. The number of benzene rings is 1. The normalized spacial score (nSPS) is 10.2. The van der Waals surface area contributed by atoms with E-state index in [1.54, 1.807) is 13.0 Å². The van der Waals surface area contributed by atoms with Crippen LogP contribution >= 0.6 is 11.6 Å². The molecular weight excluding hydrogens is 165 g/mol. The molecule has 2 N–H and O–H groups in total. The monoisotopic (exact) mass is 173 g/mol. The van der Waals surface area contributed by atoms with Crippen molar-refractivity contribution in [1.82, 2.24) is 0 Å². The van der Waals surface area contributed by atoms with E-state index in [2.05, 4.69) is 0 Å². The maximum Gasteiger partial charge on any atom is 0.129 e. The van der Waals surface area contributed by atoms with Gasteiger partial charge in [-0.1, -0.05) is 11.6 Å². The van der Waals surface area contributed by atoms with Gasteiger partial charge in [0.1, 0.15) is 5.82 Å². The van der Waals surface area contributed by atoms with Crippen LogP contribution in [0, 0.1) is 12.7 Å². The molecule has 0 spiro atoms. The van der Waals surface area contributed by atoms with Crippen molar-refractivity contribution in [3.63, 3.8) is 0 Å². The molecule has 0 heterocycles. The van der Waals surface area contributed by atoms with Crippen LogP contribution in [-0.2, 0) is 6.54 Å². The van der Waals surface area contributed by atoms with E-state index in [1.807, 2.05) is 0 Å². The molecule has 0 fully saturated rings. The summed E-state index contributed by atoms with van der Waals surface area (Å²) in [6, 6.07) is 3.13. The fourth-order valence-electron chi connectivity index (χ4n) is 0.925. The Bertz CT molecular complexity index is 250. The lowest BCUT2D eigenvalue weighted by Gasteiger charge is -2.03. The first-order chi connectivity index (χ1) is 5.15. The van der Waals surface area contributed by atoms with Crippen LogP contribution in [0.1, 0.15) is 11.1 Å². The molecule has 0 amide bonds. The van der Waals surface area contributed by atoms with Gasteiger partial charge in [-0.05, 0) is 24.6 Å². The topological polar surface area (TPSA) is 26.0 Å². The molecule has 1 aromatic rings. The maximum absolute atomic E-state index is 12.9. The van der Waals surface area contributed by atoms with Gasteiger partial charge in [-0.3, -0.25) is 0 Å². The van der Waals surface area contributed by atoms with Gasteiger partial charge in [0.15, 0.2) is 0 Å². The first-order valence-electron chi connectivity index (χ1n) is 3.29. The summed E-state index contributed by atoms with van der Waals surface area (Å²) in [6.07, 6.45) is 0. The third kappa shape index (κ3) is 1.70. The zero-order chi connectivity index (χ0) is 8.43. The highest BCUT2D eigenvalue weighted by Crippen LogP contribution is 2.20. The Hall–Kier alpha value is -0.600. The van der Waals surface area contributed by atoms with Crippen LogP contribution in [0.4, 0.5) is 4.39 Å². The summed E-state index contributed by atoms with van der Waals surface area (Å²) in [4.78, 5) is 0. The van der Waals surface area contributed by atoms with E-state index in [0.717, 1.165) is 5.56 Å². The average Bonchev–Trinajstić information content (AvgIpc) is 1.85. The molecule has 0 radical (unpaired) electrons. The van der Waals surface area contributed by atoms with E-state index in [0.29, 0.717) is 10.6 Å². The molecule has 1 aromatic carbocycles. The summed E-state index contributed by atoms with van der Waals surface area (Å²) >= 11 is 5.71. The zero-order valence-corrected chi connectivity index (χ0v) is 6.95. The van der Waals surface area contributed by atoms with E-state index >= 15 is 0 Å². The second-order valence-corrected chi connectivity index (χ2v) is 2.82. The Balaban J connectivity index is 3.25. The highest BCUT2D eigenvalue weighted by molar-refractivity contribution is 6.31. The molecule has 0 atom stereocenters. The van der Waals surface area contributed by atoms with Crippen molar-refractivity contribution in [1.29, 1.82) is 0 Å². The lowest BCUT2D eigenvalue weighted by molar-refractivity contribution is 0.609. The fourth-order valence-corrected chi connectivity index (χ4v) is 1.26. The first-order valence-corrected chi connectivity index (χ1v) is 3.67. The van der Waals surface area contributed by atoms with E-state index in [-0.39, 0.29) is 12.4 Å². The van der Waals surface area contributed by atoms with Gasteiger partial charge in [0.2, 0.25) is 0 Å². The number of rotatable bonds is 1. The van der Waals surface area contributed by atoms with Gasteiger partial charge in [-0.2, -0.15) is 0 Å². The van der Waals surface area contributed by atoms with Crippen molar-refractivity contribution in [3.05, 3.63) is 34.1 Å². The van der Waals surface area contributed by atoms with Gasteiger partial charge in [0, 0.05) is 17.1 Å². The fraction of sp³-hybridized carbons (Fsp3) is 0.250. The van der Waals surface area contributed by atoms with Gasteiger partial charge in [-0.15, -0.1) is 0 Å². The number of hydrogen-bond donors (Lipinski definition) is 1. The molecule has 3 heteroatoms. The molecular formula is C8H9ClFN. The first kappa shape index (κ1) is 8.50. The van der Waals surface area contributed by atoms with Crippen molar-refractivity contribution in [3.8, 4) is 0 Å². The Morgan fingerprint density at radius 2 is 2.18 bits per heavy atom. The van der Waals surface area contributed by atoms with Crippen LogP contribution in [0.3, 0.4) is 0 Å². The molecule has 0 bridgehead atoms. The average molecular weight is 174 g/mol. The Morgan fingerprint density at radius 1 is 1.55 bits per heavy atom. The lowest BCUT2D eigenvalue weighted by atomic mass is 10.1.